The number of aryl methyl sites for hydroxylation is 1. The van der Waals surface area contributed by atoms with Gasteiger partial charge in [0.25, 0.3) is 5.69 Å². The molecule has 0 aromatic heterocycles. The lowest BCUT2D eigenvalue weighted by Crippen LogP contribution is -2.42. The van der Waals surface area contributed by atoms with E-state index in [9.17, 15) is 25.4 Å². The van der Waals surface area contributed by atoms with Crippen molar-refractivity contribution in [3.63, 3.8) is 0 Å². The summed E-state index contributed by atoms with van der Waals surface area (Å²) >= 11 is 0. The fourth-order valence-corrected chi connectivity index (χ4v) is 5.79. The molecule has 2 aliphatic heterocycles. The number of hydrogen-bond acceptors (Lipinski definition) is 8. The Hall–Kier alpha value is -5.12. The van der Waals surface area contributed by atoms with Crippen LogP contribution in [0.2, 0.25) is 0 Å². The van der Waals surface area contributed by atoms with Crippen LogP contribution in [0, 0.1) is 22.4 Å². The Morgan fingerprint density at radius 2 is 1.83 bits per heavy atom. The number of anilines is 1. The number of amidine groups is 1. The maximum atomic E-state index is 13.7. The standard InChI is InChI=1S/C31H27N3O7/c1-17-14-20(34(37)38)9-12-22(17)33-23-4-3-5-24(35)28(23)27(19-8-13-25-26(15-19)41-16-40-25)29(31(33)32)30(36)18-6-10-21(39-2)11-7-18/h6-15,27,32,36H,3-5,16H2,1-2H3/t27-/m1/s1. The summed E-state index contributed by atoms with van der Waals surface area (Å²) < 4.78 is 16.4. The first kappa shape index (κ1) is 26.1. The number of carbonyl (C=O) groups is 1. The molecule has 10 nitrogen and oxygen atoms in total. The van der Waals surface area contributed by atoms with E-state index in [0.717, 1.165) is 0 Å². The van der Waals surface area contributed by atoms with Crippen molar-refractivity contribution in [1.82, 2.24) is 0 Å². The number of ketones is 1. The van der Waals surface area contributed by atoms with Gasteiger partial charge in [0.15, 0.2) is 17.3 Å². The zero-order valence-electron chi connectivity index (χ0n) is 22.5. The van der Waals surface area contributed by atoms with Crippen LogP contribution < -0.4 is 19.1 Å². The Balaban J connectivity index is 1.63. The smallest absolute Gasteiger partial charge is 0.269 e. The number of Topliss-reactive ketones (excluding diaryl/α,β-unsaturated/α-hetero) is 1. The van der Waals surface area contributed by atoms with Crippen molar-refractivity contribution in [3.8, 4) is 17.2 Å². The van der Waals surface area contributed by atoms with E-state index in [4.69, 9.17) is 14.2 Å². The number of aliphatic hydroxyl groups excluding tert-OH is 1. The molecule has 0 bridgehead atoms. The molecule has 0 fully saturated rings. The van der Waals surface area contributed by atoms with Crippen LogP contribution in [0.4, 0.5) is 11.4 Å². The Kier molecular flexibility index (Phi) is 6.45. The summed E-state index contributed by atoms with van der Waals surface area (Å²) in [5, 5.41) is 32.8. The minimum Gasteiger partial charge on any atom is -0.507 e. The number of benzene rings is 3. The number of nitro benzene ring substituents is 1. The van der Waals surface area contributed by atoms with Gasteiger partial charge in [-0.05, 0) is 73.4 Å². The van der Waals surface area contributed by atoms with E-state index in [1.165, 1.54) is 12.1 Å². The fourth-order valence-electron chi connectivity index (χ4n) is 5.79. The topological polar surface area (TPSA) is 135 Å². The van der Waals surface area contributed by atoms with Crippen molar-refractivity contribution in [2.75, 3.05) is 18.8 Å². The van der Waals surface area contributed by atoms with Gasteiger partial charge in [-0.3, -0.25) is 25.2 Å². The molecule has 10 heteroatoms. The van der Waals surface area contributed by atoms with E-state index in [1.807, 2.05) is 6.07 Å². The van der Waals surface area contributed by atoms with E-state index in [2.05, 4.69) is 0 Å². The first-order valence-electron chi connectivity index (χ1n) is 13.2. The van der Waals surface area contributed by atoms with Crippen LogP contribution in [0.15, 0.2) is 77.5 Å². The van der Waals surface area contributed by atoms with Gasteiger partial charge in [0.1, 0.15) is 17.3 Å². The zero-order valence-corrected chi connectivity index (χ0v) is 22.5. The summed E-state index contributed by atoms with van der Waals surface area (Å²) in [6.45, 7) is 1.82. The Bertz CT molecular complexity index is 1670. The van der Waals surface area contributed by atoms with Gasteiger partial charge < -0.3 is 19.3 Å². The highest BCUT2D eigenvalue weighted by atomic mass is 16.7. The normalized spacial score (nSPS) is 19.3. The van der Waals surface area contributed by atoms with Crippen LogP contribution in [0.5, 0.6) is 17.2 Å². The number of allylic oxidation sites excluding steroid dienone is 2. The molecule has 3 aromatic carbocycles. The second kappa shape index (κ2) is 10.1. The fraction of sp³-hybridized carbons (Fsp3) is 0.226. The van der Waals surface area contributed by atoms with Crippen molar-refractivity contribution >= 4 is 28.8 Å². The highest BCUT2D eigenvalue weighted by molar-refractivity contribution is 6.20. The van der Waals surface area contributed by atoms with Gasteiger partial charge in [-0.1, -0.05) is 6.07 Å². The molecule has 1 aliphatic carbocycles. The average molecular weight is 554 g/mol. The predicted octanol–water partition coefficient (Wildman–Crippen LogP) is 6.20. The summed E-state index contributed by atoms with van der Waals surface area (Å²) in [5.41, 5.74) is 3.53. The molecule has 6 rings (SSSR count). The van der Waals surface area contributed by atoms with Crippen molar-refractivity contribution in [1.29, 1.82) is 5.41 Å². The van der Waals surface area contributed by atoms with Gasteiger partial charge in [-0.15, -0.1) is 0 Å². The number of nitro groups is 1. The molecular formula is C31H27N3O7. The quantitative estimate of drug-likeness (QED) is 0.217. The van der Waals surface area contributed by atoms with Crippen LogP contribution in [0.3, 0.4) is 0 Å². The summed E-state index contributed by atoms with van der Waals surface area (Å²) in [4.78, 5) is 26.3. The van der Waals surface area contributed by atoms with E-state index in [1.54, 1.807) is 61.4 Å². The molecule has 0 amide bonds. The summed E-state index contributed by atoms with van der Waals surface area (Å²) in [5.74, 6) is 0.699. The minimum absolute atomic E-state index is 0.0219. The molecule has 2 N–H and O–H groups in total. The molecule has 0 spiro atoms. The first-order valence-corrected chi connectivity index (χ1v) is 13.2. The highest BCUT2D eigenvalue weighted by Crippen LogP contribution is 2.50. The van der Waals surface area contributed by atoms with E-state index in [0.29, 0.717) is 70.2 Å². The molecule has 0 saturated carbocycles. The summed E-state index contributed by atoms with van der Waals surface area (Å²) in [6, 6.07) is 16.6. The average Bonchev–Trinajstić information content (AvgIpc) is 3.45. The van der Waals surface area contributed by atoms with E-state index < -0.39 is 10.8 Å². The number of nitrogens with one attached hydrogen (secondary N) is 1. The summed E-state index contributed by atoms with van der Waals surface area (Å²) in [7, 11) is 1.55. The van der Waals surface area contributed by atoms with Crippen molar-refractivity contribution < 1.29 is 29.0 Å². The molecule has 0 saturated heterocycles. The van der Waals surface area contributed by atoms with Crippen LogP contribution in [-0.2, 0) is 4.79 Å². The minimum atomic E-state index is -0.753. The lowest BCUT2D eigenvalue weighted by atomic mass is 9.73. The molecule has 2 heterocycles. The number of aliphatic hydroxyl groups is 1. The van der Waals surface area contributed by atoms with Crippen LogP contribution >= 0.6 is 0 Å². The molecule has 1 atom stereocenters. The number of nitrogens with zero attached hydrogens (tertiary/aromatic N) is 2. The van der Waals surface area contributed by atoms with E-state index >= 15 is 0 Å². The van der Waals surface area contributed by atoms with Crippen LogP contribution in [0.25, 0.3) is 5.76 Å². The lowest BCUT2D eigenvalue weighted by Gasteiger charge is -2.42. The maximum Gasteiger partial charge on any atom is 0.269 e. The van der Waals surface area contributed by atoms with Gasteiger partial charge in [-0.2, -0.15) is 0 Å². The molecule has 41 heavy (non-hydrogen) atoms. The predicted molar refractivity (Wildman–Crippen MR) is 152 cm³/mol. The van der Waals surface area contributed by atoms with Gasteiger partial charge in [-0.25, -0.2) is 0 Å². The van der Waals surface area contributed by atoms with Gasteiger partial charge in [0.2, 0.25) is 6.79 Å². The lowest BCUT2D eigenvalue weighted by molar-refractivity contribution is -0.384. The molecule has 3 aliphatic rings. The molecule has 0 unspecified atom stereocenters. The molecular weight excluding hydrogens is 526 g/mol. The van der Waals surface area contributed by atoms with Gasteiger partial charge >= 0.3 is 0 Å². The maximum absolute atomic E-state index is 13.7. The highest BCUT2D eigenvalue weighted by Gasteiger charge is 2.44. The largest absolute Gasteiger partial charge is 0.507 e. The molecule has 0 radical (unpaired) electrons. The summed E-state index contributed by atoms with van der Waals surface area (Å²) in [6.07, 6.45) is 1.46. The number of hydrogen-bond donors (Lipinski definition) is 2. The number of non-ortho nitro benzene ring substituents is 1. The van der Waals surface area contributed by atoms with Gasteiger partial charge in [0.05, 0.1) is 17.7 Å². The number of methoxy groups -OCH3 is 1. The third-order valence-electron chi connectivity index (χ3n) is 7.74. The third kappa shape index (κ3) is 4.37. The van der Waals surface area contributed by atoms with Gasteiger partial charge in [0, 0.05) is 46.9 Å². The van der Waals surface area contributed by atoms with Crippen LogP contribution in [-0.4, -0.2) is 35.6 Å². The Morgan fingerprint density at radius 1 is 1.07 bits per heavy atom. The number of rotatable bonds is 5. The van der Waals surface area contributed by atoms with Crippen molar-refractivity contribution in [3.05, 3.63) is 104 Å². The Morgan fingerprint density at radius 3 is 2.54 bits per heavy atom. The van der Waals surface area contributed by atoms with Crippen molar-refractivity contribution in [2.45, 2.75) is 32.1 Å². The number of ether oxygens (including phenoxy) is 3. The Labute approximate surface area is 235 Å². The van der Waals surface area contributed by atoms with E-state index in [-0.39, 0.29) is 35.4 Å². The molecule has 208 valence electrons. The van der Waals surface area contributed by atoms with Crippen LogP contribution in [0.1, 0.15) is 41.9 Å². The second-order valence-electron chi connectivity index (χ2n) is 10.1. The molecule has 3 aromatic rings. The third-order valence-corrected chi connectivity index (χ3v) is 7.74. The first-order chi connectivity index (χ1) is 19.8. The number of fused-ring (bicyclic) bond motifs is 1. The number of carbonyl (C=O) groups excluding carboxylic acids is 1. The van der Waals surface area contributed by atoms with Crippen molar-refractivity contribution in [2.24, 2.45) is 0 Å². The second-order valence-corrected chi connectivity index (χ2v) is 10.1. The SMILES string of the molecule is COc1ccc(C(O)=C2C(=N)N(c3ccc([N+](=O)[O-])cc3C)C3=C(C(=O)CCC3)[C@H]2c2ccc3c(c2)OCO3)cc1. The monoisotopic (exact) mass is 553 g/mol. The zero-order chi connectivity index (χ0) is 28.8.